The average Bonchev–Trinajstić information content (AvgIpc) is 2.52. The average molecular weight is 390 g/mol. The molecule has 24 heavy (non-hydrogen) atoms. The fourth-order valence-corrected chi connectivity index (χ4v) is 2.57. The van der Waals surface area contributed by atoms with Gasteiger partial charge in [0.1, 0.15) is 11.6 Å². The normalized spacial score (nSPS) is 12.7. The molecule has 0 spiro atoms. The van der Waals surface area contributed by atoms with E-state index in [0.29, 0.717) is 13.0 Å². The number of hydrogen-bond donors (Lipinski definition) is 1. The van der Waals surface area contributed by atoms with Crippen LogP contribution in [0.4, 0.5) is 0 Å². The van der Waals surface area contributed by atoms with E-state index in [9.17, 15) is 4.79 Å². The minimum Gasteiger partial charge on any atom is -0.459 e. The van der Waals surface area contributed by atoms with Crippen molar-refractivity contribution in [2.45, 2.75) is 45.4 Å². The molecule has 3 nitrogen and oxygen atoms in total. The highest BCUT2D eigenvalue weighted by molar-refractivity contribution is 9.10. The zero-order valence-corrected chi connectivity index (χ0v) is 16.0. The molecule has 0 aliphatic carbocycles. The number of hydrogen-bond acceptors (Lipinski definition) is 3. The van der Waals surface area contributed by atoms with Crippen LogP contribution in [0.25, 0.3) is 0 Å². The number of nitrogens with one attached hydrogen (secondary N) is 1. The van der Waals surface area contributed by atoms with Gasteiger partial charge in [-0.15, -0.1) is 0 Å². The van der Waals surface area contributed by atoms with Gasteiger partial charge in [0, 0.05) is 11.0 Å². The van der Waals surface area contributed by atoms with Crippen molar-refractivity contribution in [3.8, 4) is 0 Å². The Balaban J connectivity index is 2.08. The van der Waals surface area contributed by atoms with Crippen LogP contribution in [0.1, 0.15) is 31.9 Å². The third-order valence-corrected chi connectivity index (χ3v) is 3.97. The van der Waals surface area contributed by atoms with Gasteiger partial charge in [-0.25, -0.2) is 0 Å². The zero-order chi connectivity index (χ0) is 17.6. The Hall–Kier alpha value is -1.65. The minimum atomic E-state index is -0.497. The first-order valence-electron chi connectivity index (χ1n) is 8.08. The van der Waals surface area contributed by atoms with Crippen LogP contribution in [0.5, 0.6) is 0 Å². The van der Waals surface area contributed by atoms with Crippen LogP contribution in [0.3, 0.4) is 0 Å². The van der Waals surface area contributed by atoms with E-state index < -0.39 is 5.60 Å². The van der Waals surface area contributed by atoms with Crippen molar-refractivity contribution in [1.82, 2.24) is 5.32 Å². The van der Waals surface area contributed by atoms with Crippen LogP contribution in [0.15, 0.2) is 59.1 Å². The van der Waals surface area contributed by atoms with Crippen LogP contribution in [0.2, 0.25) is 0 Å². The summed E-state index contributed by atoms with van der Waals surface area (Å²) in [5.41, 5.74) is 1.74. The van der Waals surface area contributed by atoms with Gasteiger partial charge >= 0.3 is 5.97 Å². The Kier molecular flexibility index (Phi) is 6.58. The van der Waals surface area contributed by atoms with Crippen molar-refractivity contribution in [2.24, 2.45) is 0 Å². The van der Waals surface area contributed by atoms with Crippen LogP contribution >= 0.6 is 15.9 Å². The molecule has 0 saturated carbocycles. The van der Waals surface area contributed by atoms with Gasteiger partial charge in [0.15, 0.2) is 0 Å². The molecule has 2 aromatic rings. The molecule has 2 rings (SSSR count). The van der Waals surface area contributed by atoms with E-state index in [2.05, 4.69) is 21.2 Å². The predicted molar refractivity (Wildman–Crippen MR) is 101 cm³/mol. The summed E-state index contributed by atoms with van der Waals surface area (Å²) < 4.78 is 6.60. The van der Waals surface area contributed by atoms with Gasteiger partial charge in [-0.1, -0.05) is 58.4 Å². The molecule has 1 N–H and O–H groups in total. The lowest BCUT2D eigenvalue weighted by molar-refractivity contribution is -0.157. The van der Waals surface area contributed by atoms with Crippen molar-refractivity contribution < 1.29 is 9.53 Å². The number of ether oxygens (including phenoxy) is 1. The molecule has 0 heterocycles. The van der Waals surface area contributed by atoms with E-state index in [4.69, 9.17) is 4.74 Å². The summed E-state index contributed by atoms with van der Waals surface area (Å²) in [6.45, 7) is 6.29. The van der Waals surface area contributed by atoms with Crippen LogP contribution in [-0.2, 0) is 22.5 Å². The third kappa shape index (κ3) is 6.46. The predicted octanol–water partition coefficient (Wildman–Crippen LogP) is 4.49. The van der Waals surface area contributed by atoms with Crippen molar-refractivity contribution in [3.63, 3.8) is 0 Å². The number of benzene rings is 2. The van der Waals surface area contributed by atoms with E-state index in [1.165, 1.54) is 0 Å². The third-order valence-electron chi connectivity index (χ3n) is 3.44. The summed E-state index contributed by atoms with van der Waals surface area (Å²) in [7, 11) is 0. The molecule has 128 valence electrons. The molecule has 0 fully saturated rings. The van der Waals surface area contributed by atoms with E-state index >= 15 is 0 Å². The van der Waals surface area contributed by atoms with Gasteiger partial charge in [-0.05, 0) is 50.5 Å². The van der Waals surface area contributed by atoms with Gasteiger partial charge in [0.05, 0.1) is 0 Å². The number of halogens is 1. The Bertz CT molecular complexity index is 648. The SMILES string of the molecule is CC(C)(C)OC(=O)C(Cc1ccc(Br)cc1)NCc1ccccc1. The molecule has 2 aromatic carbocycles. The highest BCUT2D eigenvalue weighted by Gasteiger charge is 2.25. The van der Waals surface area contributed by atoms with Gasteiger partial charge in [-0.3, -0.25) is 4.79 Å². The molecule has 1 unspecified atom stereocenters. The molecule has 0 aromatic heterocycles. The first kappa shape index (κ1) is 18.7. The van der Waals surface area contributed by atoms with E-state index in [-0.39, 0.29) is 12.0 Å². The molecule has 0 saturated heterocycles. The summed E-state index contributed by atoms with van der Waals surface area (Å²) in [5.74, 6) is -0.221. The quantitative estimate of drug-likeness (QED) is 0.739. The number of rotatable bonds is 6. The molecular weight excluding hydrogens is 366 g/mol. The molecule has 1 atom stereocenters. The molecule has 0 aliphatic rings. The maximum atomic E-state index is 12.6. The maximum absolute atomic E-state index is 12.6. The Labute approximate surface area is 152 Å². The van der Waals surface area contributed by atoms with Crippen molar-refractivity contribution in [1.29, 1.82) is 0 Å². The van der Waals surface area contributed by atoms with Crippen molar-refractivity contribution >= 4 is 21.9 Å². The second-order valence-corrected chi connectivity index (χ2v) is 7.70. The van der Waals surface area contributed by atoms with Gasteiger partial charge < -0.3 is 10.1 Å². The van der Waals surface area contributed by atoms with E-state index in [0.717, 1.165) is 15.6 Å². The smallest absolute Gasteiger partial charge is 0.324 e. The minimum absolute atomic E-state index is 0.221. The van der Waals surface area contributed by atoms with E-state index in [1.54, 1.807) is 0 Å². The molecule has 4 heteroatoms. The second-order valence-electron chi connectivity index (χ2n) is 6.78. The zero-order valence-electron chi connectivity index (χ0n) is 14.4. The van der Waals surface area contributed by atoms with Crippen LogP contribution < -0.4 is 5.32 Å². The van der Waals surface area contributed by atoms with Crippen molar-refractivity contribution in [3.05, 3.63) is 70.2 Å². The maximum Gasteiger partial charge on any atom is 0.324 e. The summed E-state index contributed by atoms with van der Waals surface area (Å²) in [4.78, 5) is 12.6. The lowest BCUT2D eigenvalue weighted by atomic mass is 10.0. The summed E-state index contributed by atoms with van der Waals surface area (Å²) in [6.07, 6.45) is 0.592. The number of carbonyl (C=O) groups excluding carboxylic acids is 1. The Morgan fingerprint density at radius 3 is 2.25 bits per heavy atom. The fraction of sp³-hybridized carbons (Fsp3) is 0.350. The molecule has 0 bridgehead atoms. The molecular formula is C20H24BrNO2. The van der Waals surface area contributed by atoms with Gasteiger partial charge in [-0.2, -0.15) is 0 Å². The largest absolute Gasteiger partial charge is 0.459 e. The topological polar surface area (TPSA) is 38.3 Å². The summed E-state index contributed by atoms with van der Waals surface area (Å²) in [5, 5.41) is 3.34. The standard InChI is InChI=1S/C20H24BrNO2/c1-20(2,3)24-19(23)18(13-15-9-11-17(21)12-10-15)22-14-16-7-5-4-6-8-16/h4-12,18,22H,13-14H2,1-3H3. The molecule has 0 aliphatic heterocycles. The van der Waals surface area contributed by atoms with Crippen molar-refractivity contribution in [2.75, 3.05) is 0 Å². The Morgan fingerprint density at radius 2 is 1.67 bits per heavy atom. The lowest BCUT2D eigenvalue weighted by Gasteiger charge is -2.25. The molecule has 0 amide bonds. The lowest BCUT2D eigenvalue weighted by Crippen LogP contribution is -2.42. The second kappa shape index (κ2) is 8.45. The summed E-state index contributed by atoms with van der Waals surface area (Å²) in [6, 6.07) is 17.7. The van der Waals surface area contributed by atoms with Gasteiger partial charge in [0.2, 0.25) is 0 Å². The first-order chi connectivity index (χ1) is 11.3. The monoisotopic (exact) mass is 389 g/mol. The number of carbonyl (C=O) groups is 1. The van der Waals surface area contributed by atoms with Crippen LogP contribution in [-0.4, -0.2) is 17.6 Å². The highest BCUT2D eigenvalue weighted by atomic mass is 79.9. The first-order valence-corrected chi connectivity index (χ1v) is 8.87. The summed E-state index contributed by atoms with van der Waals surface area (Å²) >= 11 is 3.43. The highest BCUT2D eigenvalue weighted by Crippen LogP contribution is 2.15. The fourth-order valence-electron chi connectivity index (χ4n) is 2.30. The molecule has 0 radical (unpaired) electrons. The van der Waals surface area contributed by atoms with E-state index in [1.807, 2.05) is 75.4 Å². The number of esters is 1. The Morgan fingerprint density at radius 1 is 1.04 bits per heavy atom. The van der Waals surface area contributed by atoms with Gasteiger partial charge in [0.25, 0.3) is 0 Å². The van der Waals surface area contributed by atoms with Crippen LogP contribution in [0, 0.1) is 0 Å².